The average molecular weight is 614 g/mol. The van der Waals surface area contributed by atoms with Crippen LogP contribution in [0.3, 0.4) is 0 Å². The number of nitrogens with two attached hydrogens (primary N) is 1. The quantitative estimate of drug-likeness (QED) is 0.101. The number of nitrogens with zero attached hydrogens (tertiary/aromatic N) is 4. The van der Waals surface area contributed by atoms with Gasteiger partial charge in [-0.3, -0.25) is 9.59 Å². The molecule has 0 atom stereocenters. The summed E-state index contributed by atoms with van der Waals surface area (Å²) in [6.45, 7) is 4.65. The van der Waals surface area contributed by atoms with Crippen molar-refractivity contribution in [1.82, 2.24) is 4.98 Å². The number of nitriles is 1. The molecule has 5 N–H and O–H groups in total. The number of unbranched alkanes of at least 4 members (excludes halogenated alkanes) is 1. The fourth-order valence-electron chi connectivity index (χ4n) is 4.77. The van der Waals surface area contributed by atoms with Crippen LogP contribution < -0.4 is 16.4 Å². The van der Waals surface area contributed by atoms with Crippen molar-refractivity contribution in [3.05, 3.63) is 92.0 Å². The summed E-state index contributed by atoms with van der Waals surface area (Å²) in [6, 6.07) is 15.1. The van der Waals surface area contributed by atoms with Crippen LogP contribution in [0.5, 0.6) is 5.75 Å². The first-order valence-electron chi connectivity index (χ1n) is 13.3. The van der Waals surface area contributed by atoms with Crippen molar-refractivity contribution in [3.63, 3.8) is 0 Å². The summed E-state index contributed by atoms with van der Waals surface area (Å²) < 4.78 is 0. The molecule has 0 spiro atoms. The second-order valence-corrected chi connectivity index (χ2v) is 10.6. The van der Waals surface area contributed by atoms with Gasteiger partial charge in [0, 0.05) is 29.0 Å². The monoisotopic (exact) mass is 613 g/mol. The molecule has 0 saturated heterocycles. The Morgan fingerprint density at radius 2 is 1.67 bits per heavy atom. The zero-order chi connectivity index (χ0) is 30.8. The highest BCUT2D eigenvalue weighted by Gasteiger charge is 2.37. The summed E-state index contributed by atoms with van der Waals surface area (Å²) in [4.78, 5) is 31.2. The fraction of sp³-hybridized carbons (Fsp3) is 0.161. The first kappa shape index (κ1) is 29.5. The van der Waals surface area contributed by atoms with Gasteiger partial charge in [0.2, 0.25) is 0 Å². The highest BCUT2D eigenvalue weighted by atomic mass is 35.5. The van der Waals surface area contributed by atoms with Gasteiger partial charge in [-0.15, -0.1) is 10.2 Å². The minimum Gasteiger partial charge on any atom is -0.507 e. The lowest BCUT2D eigenvalue weighted by Crippen LogP contribution is -2.21. The van der Waals surface area contributed by atoms with E-state index in [4.69, 9.17) is 28.9 Å². The first-order chi connectivity index (χ1) is 20.7. The highest BCUT2D eigenvalue weighted by Crippen LogP contribution is 2.44. The van der Waals surface area contributed by atoms with E-state index >= 15 is 0 Å². The SMILES string of the molecule is CCCCNc1ccc(Nc2nc(N)c(N=Nc3c(Cl)cc(Cl)c4c3C(=O)c3cccc(O)c3C4=O)c(C)c2C#N)cc1. The largest absolute Gasteiger partial charge is 0.507 e. The van der Waals surface area contributed by atoms with E-state index in [0.29, 0.717) is 11.3 Å². The Bertz CT molecular complexity index is 1870. The molecule has 0 radical (unpaired) electrons. The standard InChI is InChI=1S/C31H25Cl2N7O3/c1-3-4-12-36-16-8-10-17(11-9-16)37-31-19(14-34)15(2)26(30(35)38-31)39-40-27-21(33)13-20(32)24-25(27)28(42)18-6-5-7-22(41)23(18)29(24)43/h5-11,13,36,41H,3-4,12H2,1-2H3,(H3,35,37,38). The molecular formula is C31H25Cl2N7O3. The zero-order valence-electron chi connectivity index (χ0n) is 23.1. The van der Waals surface area contributed by atoms with E-state index in [2.05, 4.69) is 38.8 Å². The molecule has 12 heteroatoms. The topological polar surface area (TPSA) is 166 Å². The third kappa shape index (κ3) is 5.48. The van der Waals surface area contributed by atoms with E-state index in [1.54, 1.807) is 6.92 Å². The third-order valence-electron chi connectivity index (χ3n) is 6.98. The van der Waals surface area contributed by atoms with E-state index in [1.807, 2.05) is 24.3 Å². The summed E-state index contributed by atoms with van der Waals surface area (Å²) in [5, 5.41) is 35.0. The number of phenols is 1. The number of halogens is 2. The van der Waals surface area contributed by atoms with Gasteiger partial charge in [-0.2, -0.15) is 5.26 Å². The Kier molecular flexibility index (Phi) is 8.30. The predicted molar refractivity (Wildman–Crippen MR) is 167 cm³/mol. The third-order valence-corrected chi connectivity index (χ3v) is 7.57. The highest BCUT2D eigenvalue weighted by molar-refractivity contribution is 6.43. The molecule has 10 nitrogen and oxygen atoms in total. The van der Waals surface area contributed by atoms with Crippen LogP contribution in [0.25, 0.3) is 0 Å². The Morgan fingerprint density at radius 1 is 0.977 bits per heavy atom. The van der Waals surface area contributed by atoms with Gasteiger partial charge >= 0.3 is 0 Å². The van der Waals surface area contributed by atoms with Crippen molar-refractivity contribution in [1.29, 1.82) is 5.26 Å². The lowest BCUT2D eigenvalue weighted by atomic mass is 9.82. The molecule has 0 unspecified atom stereocenters. The van der Waals surface area contributed by atoms with Gasteiger partial charge in [0.25, 0.3) is 0 Å². The number of hydrogen-bond acceptors (Lipinski definition) is 10. The average Bonchev–Trinajstić information content (AvgIpc) is 2.97. The van der Waals surface area contributed by atoms with E-state index in [1.165, 1.54) is 24.3 Å². The maximum absolute atomic E-state index is 13.5. The number of nitrogen functional groups attached to an aromatic ring is 1. The minimum atomic E-state index is -0.648. The zero-order valence-corrected chi connectivity index (χ0v) is 24.6. The lowest BCUT2D eigenvalue weighted by molar-refractivity contribution is 0.0977. The van der Waals surface area contributed by atoms with Crippen molar-refractivity contribution in [3.8, 4) is 11.8 Å². The summed E-state index contributed by atoms with van der Waals surface area (Å²) in [5.74, 6) is -1.39. The van der Waals surface area contributed by atoms with Crippen LogP contribution in [0.1, 0.15) is 62.7 Å². The molecule has 0 amide bonds. The molecule has 0 saturated carbocycles. The lowest BCUT2D eigenvalue weighted by Gasteiger charge is -2.21. The Labute approximate surface area is 257 Å². The normalized spacial score (nSPS) is 12.2. The van der Waals surface area contributed by atoms with Gasteiger partial charge in [-0.25, -0.2) is 4.98 Å². The number of carbonyl (C=O) groups excluding carboxylic acids is 2. The summed E-state index contributed by atoms with van der Waals surface area (Å²) >= 11 is 12.8. The van der Waals surface area contributed by atoms with Gasteiger partial charge in [0.15, 0.2) is 23.2 Å². The van der Waals surface area contributed by atoms with E-state index in [0.717, 1.165) is 25.1 Å². The number of phenolic OH excluding ortho intramolecular Hbond substituents is 1. The number of fused-ring (bicyclic) bond motifs is 2. The molecule has 3 aromatic carbocycles. The van der Waals surface area contributed by atoms with Crippen molar-refractivity contribution < 1.29 is 14.7 Å². The van der Waals surface area contributed by atoms with E-state index in [9.17, 15) is 20.0 Å². The predicted octanol–water partition coefficient (Wildman–Crippen LogP) is 8.00. The number of anilines is 4. The number of carbonyl (C=O) groups is 2. The summed E-state index contributed by atoms with van der Waals surface area (Å²) in [5.41, 5.74) is 8.01. The molecule has 4 aromatic rings. The van der Waals surface area contributed by atoms with Crippen LogP contribution in [0.2, 0.25) is 10.0 Å². The number of ketones is 2. The van der Waals surface area contributed by atoms with Crippen molar-refractivity contribution in [2.75, 3.05) is 22.9 Å². The molecule has 0 bridgehead atoms. The van der Waals surface area contributed by atoms with Gasteiger partial charge < -0.3 is 21.5 Å². The Morgan fingerprint density at radius 3 is 2.37 bits per heavy atom. The van der Waals surface area contributed by atoms with Crippen molar-refractivity contribution in [2.24, 2.45) is 10.2 Å². The number of benzene rings is 3. The molecule has 1 aliphatic carbocycles. The molecule has 5 rings (SSSR count). The number of azo groups is 1. The maximum atomic E-state index is 13.5. The number of aromatic nitrogens is 1. The van der Waals surface area contributed by atoms with Crippen LogP contribution >= 0.6 is 23.2 Å². The molecule has 43 heavy (non-hydrogen) atoms. The molecule has 0 aliphatic heterocycles. The molecule has 1 aromatic heterocycles. The van der Waals surface area contributed by atoms with Crippen molar-refractivity contribution in [2.45, 2.75) is 26.7 Å². The van der Waals surface area contributed by atoms with Gasteiger partial charge in [-0.1, -0.05) is 48.7 Å². The van der Waals surface area contributed by atoms with Crippen LogP contribution in [-0.2, 0) is 0 Å². The van der Waals surface area contributed by atoms with Crippen LogP contribution in [0, 0.1) is 18.3 Å². The van der Waals surface area contributed by atoms with Crippen molar-refractivity contribution >= 4 is 69.2 Å². The summed E-state index contributed by atoms with van der Waals surface area (Å²) in [6.07, 6.45) is 2.16. The number of hydrogen-bond donors (Lipinski definition) is 4. The van der Waals surface area contributed by atoms with Gasteiger partial charge in [0.05, 0.1) is 32.3 Å². The maximum Gasteiger partial charge on any atom is 0.199 e. The number of aromatic hydroxyl groups is 1. The molecule has 0 fully saturated rings. The smallest absolute Gasteiger partial charge is 0.199 e. The van der Waals surface area contributed by atoms with Gasteiger partial charge in [-0.05, 0) is 49.7 Å². The second kappa shape index (κ2) is 12.1. The Hall–Kier alpha value is -4.98. The molecule has 216 valence electrons. The summed E-state index contributed by atoms with van der Waals surface area (Å²) in [7, 11) is 0. The van der Waals surface area contributed by atoms with Crippen LogP contribution in [0.4, 0.5) is 34.4 Å². The van der Waals surface area contributed by atoms with E-state index in [-0.39, 0.29) is 66.6 Å². The number of pyridine rings is 1. The van der Waals surface area contributed by atoms with E-state index < -0.39 is 11.6 Å². The molecule has 1 heterocycles. The molecule has 1 aliphatic rings. The van der Waals surface area contributed by atoms with Crippen LogP contribution in [0.15, 0.2) is 58.8 Å². The molecular weight excluding hydrogens is 589 g/mol. The number of nitrogens with one attached hydrogen (secondary N) is 2. The van der Waals surface area contributed by atoms with Gasteiger partial charge in [0.1, 0.15) is 23.2 Å². The fourth-order valence-corrected chi connectivity index (χ4v) is 5.35. The first-order valence-corrected chi connectivity index (χ1v) is 14.1. The Balaban J connectivity index is 1.51. The minimum absolute atomic E-state index is 0.0170. The number of rotatable bonds is 8. The van der Waals surface area contributed by atoms with Crippen LogP contribution in [-0.4, -0.2) is 28.2 Å². The second-order valence-electron chi connectivity index (χ2n) is 9.79.